The van der Waals surface area contributed by atoms with E-state index in [1.165, 1.54) is 12.5 Å². The van der Waals surface area contributed by atoms with Crippen LogP contribution in [0.2, 0.25) is 0 Å². The van der Waals surface area contributed by atoms with E-state index in [9.17, 15) is 0 Å². The second-order valence-electron chi connectivity index (χ2n) is 2.47. The first-order chi connectivity index (χ1) is 6.27. The molecule has 0 atom stereocenters. The van der Waals surface area contributed by atoms with Gasteiger partial charge in [-0.05, 0) is 6.92 Å². The first-order valence-corrected chi connectivity index (χ1v) is 3.63. The van der Waals surface area contributed by atoms with Gasteiger partial charge < -0.3 is 10.3 Å². The summed E-state index contributed by atoms with van der Waals surface area (Å²) in [7, 11) is 0. The number of hydrogen-bond donors (Lipinski definition) is 1. The zero-order valence-corrected chi connectivity index (χ0v) is 6.93. The molecule has 0 spiro atoms. The Morgan fingerprint density at radius 1 is 1.46 bits per heavy atom. The van der Waals surface area contributed by atoms with Crippen molar-refractivity contribution in [2.45, 2.75) is 6.92 Å². The van der Waals surface area contributed by atoms with Crippen molar-refractivity contribution in [2.75, 3.05) is 5.73 Å². The number of aryl methyl sites for hydroxylation is 1. The van der Waals surface area contributed by atoms with E-state index >= 15 is 0 Å². The Morgan fingerprint density at radius 2 is 2.31 bits per heavy atom. The number of nitrogens with zero attached hydrogens (tertiary/aromatic N) is 4. The fraction of sp³-hybridized carbons (Fsp3) is 0.143. The summed E-state index contributed by atoms with van der Waals surface area (Å²) >= 11 is 0. The molecule has 66 valence electrons. The molecule has 2 aromatic rings. The van der Waals surface area contributed by atoms with Crippen molar-refractivity contribution in [3.05, 3.63) is 18.3 Å². The molecule has 2 rings (SSSR count). The lowest BCUT2D eigenvalue weighted by atomic mass is 10.3. The third kappa shape index (κ3) is 1.33. The summed E-state index contributed by atoms with van der Waals surface area (Å²) in [4.78, 5) is 11.6. The summed E-state index contributed by atoms with van der Waals surface area (Å²) in [6, 6.07) is 0. The van der Waals surface area contributed by atoms with Crippen molar-refractivity contribution in [1.29, 1.82) is 0 Å². The van der Waals surface area contributed by atoms with Crippen molar-refractivity contribution in [2.24, 2.45) is 0 Å². The molecular formula is C7H7N5O. The lowest BCUT2D eigenvalue weighted by Gasteiger charge is -1.95. The highest BCUT2D eigenvalue weighted by molar-refractivity contribution is 5.64. The van der Waals surface area contributed by atoms with E-state index in [0.29, 0.717) is 23.1 Å². The Balaban J connectivity index is 2.52. The van der Waals surface area contributed by atoms with Gasteiger partial charge in [0.25, 0.3) is 5.89 Å². The number of aromatic nitrogens is 4. The van der Waals surface area contributed by atoms with Crippen molar-refractivity contribution in [3.8, 4) is 11.5 Å². The van der Waals surface area contributed by atoms with E-state index in [1.807, 2.05) is 0 Å². The van der Waals surface area contributed by atoms with E-state index in [-0.39, 0.29) is 0 Å². The molecule has 0 fully saturated rings. The first-order valence-electron chi connectivity index (χ1n) is 3.63. The second kappa shape index (κ2) is 2.81. The van der Waals surface area contributed by atoms with Gasteiger partial charge in [0.05, 0.1) is 0 Å². The predicted octanol–water partition coefficient (Wildman–Crippen LogP) is 0.417. The third-order valence-corrected chi connectivity index (χ3v) is 1.50. The molecule has 2 heterocycles. The van der Waals surface area contributed by atoms with Gasteiger partial charge in [0.1, 0.15) is 17.7 Å². The van der Waals surface area contributed by atoms with E-state index in [4.69, 9.17) is 10.3 Å². The van der Waals surface area contributed by atoms with Gasteiger partial charge in [-0.2, -0.15) is 4.98 Å². The molecule has 0 bridgehead atoms. The summed E-state index contributed by atoms with van der Waals surface area (Å²) in [5.41, 5.74) is 6.14. The summed E-state index contributed by atoms with van der Waals surface area (Å²) in [6.45, 7) is 1.73. The SMILES string of the molecule is Cc1noc(-c2cncnc2N)n1. The van der Waals surface area contributed by atoms with Crippen LogP contribution >= 0.6 is 0 Å². The van der Waals surface area contributed by atoms with E-state index in [0.717, 1.165) is 0 Å². The van der Waals surface area contributed by atoms with Gasteiger partial charge >= 0.3 is 0 Å². The molecule has 0 saturated heterocycles. The van der Waals surface area contributed by atoms with Crippen LogP contribution in [-0.2, 0) is 0 Å². The zero-order valence-electron chi connectivity index (χ0n) is 6.93. The number of nitrogens with two attached hydrogens (primary N) is 1. The molecule has 0 amide bonds. The first kappa shape index (κ1) is 7.66. The number of hydrogen-bond acceptors (Lipinski definition) is 6. The molecule has 2 aromatic heterocycles. The van der Waals surface area contributed by atoms with Gasteiger partial charge in [-0.15, -0.1) is 0 Å². The van der Waals surface area contributed by atoms with Gasteiger partial charge in [-0.1, -0.05) is 5.16 Å². The maximum atomic E-state index is 5.58. The minimum atomic E-state index is 0.332. The van der Waals surface area contributed by atoms with Crippen LogP contribution in [0.3, 0.4) is 0 Å². The smallest absolute Gasteiger partial charge is 0.263 e. The zero-order chi connectivity index (χ0) is 9.26. The molecule has 13 heavy (non-hydrogen) atoms. The Bertz CT molecular complexity index is 424. The number of rotatable bonds is 1. The van der Waals surface area contributed by atoms with E-state index < -0.39 is 0 Å². The maximum Gasteiger partial charge on any atom is 0.263 e. The Hall–Kier alpha value is -1.98. The molecule has 6 nitrogen and oxygen atoms in total. The van der Waals surface area contributed by atoms with Crippen LogP contribution in [-0.4, -0.2) is 20.1 Å². The average Bonchev–Trinajstić information content (AvgIpc) is 2.53. The van der Waals surface area contributed by atoms with E-state index in [2.05, 4.69) is 20.1 Å². The van der Waals surface area contributed by atoms with Crippen LogP contribution < -0.4 is 5.73 Å². The minimum absolute atomic E-state index is 0.332. The molecular weight excluding hydrogens is 170 g/mol. The minimum Gasteiger partial charge on any atom is -0.383 e. The van der Waals surface area contributed by atoms with Gasteiger partial charge in [0.15, 0.2) is 5.82 Å². The van der Waals surface area contributed by atoms with Gasteiger partial charge in [-0.25, -0.2) is 9.97 Å². The maximum absolute atomic E-state index is 5.58. The quantitative estimate of drug-likeness (QED) is 0.678. The fourth-order valence-corrected chi connectivity index (χ4v) is 0.910. The van der Waals surface area contributed by atoms with Crippen LogP contribution in [0, 0.1) is 6.92 Å². The monoisotopic (exact) mass is 177 g/mol. The van der Waals surface area contributed by atoms with Crippen LogP contribution in [0.25, 0.3) is 11.5 Å². The highest BCUT2D eigenvalue weighted by Crippen LogP contribution is 2.19. The number of nitrogen functional groups attached to an aromatic ring is 1. The topological polar surface area (TPSA) is 90.7 Å². The van der Waals surface area contributed by atoms with E-state index in [1.54, 1.807) is 6.92 Å². The molecule has 2 N–H and O–H groups in total. The molecule has 0 aliphatic heterocycles. The Morgan fingerprint density at radius 3 is 2.92 bits per heavy atom. The molecule has 0 unspecified atom stereocenters. The highest BCUT2D eigenvalue weighted by atomic mass is 16.5. The summed E-state index contributed by atoms with van der Waals surface area (Å²) in [5, 5.41) is 3.64. The molecule has 6 heteroatoms. The predicted molar refractivity (Wildman–Crippen MR) is 44.5 cm³/mol. The molecule has 0 aliphatic carbocycles. The van der Waals surface area contributed by atoms with Crippen LogP contribution in [0.5, 0.6) is 0 Å². The van der Waals surface area contributed by atoms with Gasteiger partial charge in [-0.3, -0.25) is 0 Å². The van der Waals surface area contributed by atoms with Gasteiger partial charge in [0.2, 0.25) is 0 Å². The largest absolute Gasteiger partial charge is 0.383 e. The normalized spacial score (nSPS) is 10.2. The molecule has 0 aliphatic rings. The highest BCUT2D eigenvalue weighted by Gasteiger charge is 2.10. The fourth-order valence-electron chi connectivity index (χ4n) is 0.910. The van der Waals surface area contributed by atoms with Crippen LogP contribution in [0.4, 0.5) is 5.82 Å². The van der Waals surface area contributed by atoms with Crippen molar-refractivity contribution in [1.82, 2.24) is 20.1 Å². The second-order valence-corrected chi connectivity index (χ2v) is 2.47. The summed E-state index contributed by atoms with van der Waals surface area (Å²) in [6.07, 6.45) is 2.90. The average molecular weight is 177 g/mol. The van der Waals surface area contributed by atoms with Crippen molar-refractivity contribution in [3.63, 3.8) is 0 Å². The van der Waals surface area contributed by atoms with Gasteiger partial charge in [0, 0.05) is 6.20 Å². The van der Waals surface area contributed by atoms with Crippen molar-refractivity contribution < 1.29 is 4.52 Å². The number of anilines is 1. The van der Waals surface area contributed by atoms with Crippen molar-refractivity contribution >= 4 is 5.82 Å². The lowest BCUT2D eigenvalue weighted by Crippen LogP contribution is -1.94. The molecule has 0 aromatic carbocycles. The molecule has 0 radical (unpaired) electrons. The van der Waals surface area contributed by atoms with Crippen LogP contribution in [0.15, 0.2) is 17.0 Å². The summed E-state index contributed by atoms with van der Waals surface area (Å²) in [5.74, 6) is 1.23. The Kier molecular flexibility index (Phi) is 1.66. The molecule has 0 saturated carbocycles. The Labute approximate surface area is 73.8 Å². The standard InChI is InChI=1S/C7H7N5O/c1-4-11-7(13-12-4)5-2-9-3-10-6(5)8/h2-3H,1H3,(H2,8,9,10). The van der Waals surface area contributed by atoms with Crippen LogP contribution in [0.1, 0.15) is 5.82 Å². The third-order valence-electron chi connectivity index (χ3n) is 1.50. The lowest BCUT2D eigenvalue weighted by molar-refractivity contribution is 0.425. The summed E-state index contributed by atoms with van der Waals surface area (Å²) < 4.78 is 4.91.